The van der Waals surface area contributed by atoms with Crippen LogP contribution in [0.1, 0.15) is 16.8 Å². The molecule has 2 aromatic heterocycles. The molecule has 0 saturated heterocycles. The van der Waals surface area contributed by atoms with Crippen molar-refractivity contribution < 1.29 is 0 Å². The monoisotopic (exact) mass is 327 g/mol. The highest BCUT2D eigenvalue weighted by Crippen LogP contribution is 2.31. The number of aromatic nitrogens is 3. The lowest BCUT2D eigenvalue weighted by Crippen LogP contribution is -2.02. The second kappa shape index (κ2) is 5.53. The van der Waals surface area contributed by atoms with Crippen LogP contribution in [0, 0.1) is 19.3 Å². The van der Waals surface area contributed by atoms with Gasteiger partial charge in [0.25, 0.3) is 0 Å². The molecule has 0 spiro atoms. The van der Waals surface area contributed by atoms with Crippen molar-refractivity contribution in [1.82, 2.24) is 14.5 Å². The third kappa shape index (κ3) is 2.45. The van der Waals surface area contributed by atoms with Gasteiger partial charge >= 0.3 is 0 Å². The molecule has 5 nitrogen and oxygen atoms in total. The zero-order valence-electron chi connectivity index (χ0n) is 13.8. The number of rotatable bonds is 2. The van der Waals surface area contributed by atoms with Crippen LogP contribution in [-0.2, 0) is 6.54 Å². The second-order valence-electron chi connectivity index (χ2n) is 6.07. The minimum atomic E-state index is 0.189. The quantitative estimate of drug-likeness (QED) is 0.554. The third-order valence-electron chi connectivity index (χ3n) is 4.46. The highest BCUT2D eigenvalue weighted by molar-refractivity contribution is 6.10. The van der Waals surface area contributed by atoms with E-state index in [4.69, 9.17) is 17.9 Å². The van der Waals surface area contributed by atoms with Gasteiger partial charge in [0, 0.05) is 28.7 Å². The van der Waals surface area contributed by atoms with Crippen LogP contribution in [0.3, 0.4) is 0 Å². The van der Waals surface area contributed by atoms with Gasteiger partial charge in [-0.05, 0) is 42.8 Å². The van der Waals surface area contributed by atoms with Gasteiger partial charge in [0.15, 0.2) is 0 Å². The Morgan fingerprint density at radius 1 is 1.08 bits per heavy atom. The summed E-state index contributed by atoms with van der Waals surface area (Å²) in [6, 6.07) is 14.1. The van der Waals surface area contributed by atoms with Crippen molar-refractivity contribution in [2.45, 2.75) is 13.5 Å². The van der Waals surface area contributed by atoms with E-state index >= 15 is 0 Å². The zero-order chi connectivity index (χ0) is 17.6. The Morgan fingerprint density at radius 3 is 2.56 bits per heavy atom. The van der Waals surface area contributed by atoms with Crippen LogP contribution in [0.15, 0.2) is 42.5 Å². The number of hydrogen-bond donors (Lipinski definition) is 2. The van der Waals surface area contributed by atoms with Crippen molar-refractivity contribution in [1.29, 1.82) is 0 Å². The smallest absolute Gasteiger partial charge is 0.222 e. The maximum Gasteiger partial charge on any atom is 0.222 e. The third-order valence-corrected chi connectivity index (χ3v) is 4.46. The number of aryl methyl sites for hydroxylation is 1. The van der Waals surface area contributed by atoms with Crippen molar-refractivity contribution in [2.75, 3.05) is 11.5 Å². The SMILES string of the molecule is C#Cc1ccc(Cn2c(C)cc3c4c(N)nc(N)nc4ccc32)cc1. The van der Waals surface area contributed by atoms with Gasteiger partial charge in [0.05, 0.1) is 10.9 Å². The molecule has 0 aliphatic heterocycles. The van der Waals surface area contributed by atoms with E-state index in [1.165, 1.54) is 5.56 Å². The predicted octanol–water partition coefficient (Wildman–Crippen LogP) is 3.09. The Morgan fingerprint density at radius 2 is 1.84 bits per heavy atom. The highest BCUT2D eigenvalue weighted by Gasteiger charge is 2.13. The van der Waals surface area contributed by atoms with Crippen molar-refractivity contribution in [3.8, 4) is 12.3 Å². The predicted molar refractivity (Wildman–Crippen MR) is 102 cm³/mol. The van der Waals surface area contributed by atoms with Crippen LogP contribution < -0.4 is 11.5 Å². The van der Waals surface area contributed by atoms with E-state index in [1.807, 2.05) is 24.3 Å². The van der Waals surface area contributed by atoms with Crippen LogP contribution in [0.4, 0.5) is 11.8 Å². The summed E-state index contributed by atoms with van der Waals surface area (Å²) in [6.07, 6.45) is 5.42. The molecule has 0 bridgehead atoms. The van der Waals surface area contributed by atoms with Gasteiger partial charge in [-0.3, -0.25) is 0 Å². The summed E-state index contributed by atoms with van der Waals surface area (Å²) in [7, 11) is 0. The molecule has 0 aliphatic rings. The number of benzene rings is 2. The lowest BCUT2D eigenvalue weighted by Gasteiger charge is -2.10. The summed E-state index contributed by atoms with van der Waals surface area (Å²) < 4.78 is 2.25. The molecule has 0 saturated carbocycles. The molecular weight excluding hydrogens is 310 g/mol. The van der Waals surface area contributed by atoms with Gasteiger partial charge in [-0.1, -0.05) is 18.1 Å². The molecule has 0 aliphatic carbocycles. The number of terminal acetylenes is 1. The average molecular weight is 327 g/mol. The van der Waals surface area contributed by atoms with Gasteiger partial charge < -0.3 is 16.0 Å². The van der Waals surface area contributed by atoms with Gasteiger partial charge in [-0.15, -0.1) is 6.42 Å². The van der Waals surface area contributed by atoms with E-state index in [2.05, 4.69) is 45.6 Å². The summed E-state index contributed by atoms with van der Waals surface area (Å²) in [5, 5.41) is 1.88. The molecule has 0 unspecified atom stereocenters. The van der Waals surface area contributed by atoms with Gasteiger partial charge in [0.2, 0.25) is 5.95 Å². The maximum atomic E-state index is 6.11. The first-order valence-corrected chi connectivity index (χ1v) is 7.94. The van der Waals surface area contributed by atoms with Crippen molar-refractivity contribution in [3.63, 3.8) is 0 Å². The maximum absolute atomic E-state index is 6.11. The van der Waals surface area contributed by atoms with Gasteiger partial charge in [-0.2, -0.15) is 4.98 Å². The second-order valence-corrected chi connectivity index (χ2v) is 6.07. The molecule has 0 fully saturated rings. The lowest BCUT2D eigenvalue weighted by atomic mass is 10.1. The molecule has 4 aromatic rings. The van der Waals surface area contributed by atoms with Crippen molar-refractivity contribution in [2.24, 2.45) is 0 Å². The fourth-order valence-electron chi connectivity index (χ4n) is 3.24. The van der Waals surface area contributed by atoms with Gasteiger partial charge in [-0.25, -0.2) is 4.98 Å². The Hall–Kier alpha value is -3.52. The van der Waals surface area contributed by atoms with Crippen LogP contribution >= 0.6 is 0 Å². The number of nitrogens with zero attached hydrogens (tertiary/aromatic N) is 3. The summed E-state index contributed by atoms with van der Waals surface area (Å²) in [6.45, 7) is 2.83. The summed E-state index contributed by atoms with van der Waals surface area (Å²) in [4.78, 5) is 8.40. The molecule has 122 valence electrons. The fraction of sp³-hybridized carbons (Fsp3) is 0.100. The number of nitrogen functional groups attached to an aromatic ring is 2. The molecule has 0 amide bonds. The van der Waals surface area contributed by atoms with Crippen LogP contribution in [-0.4, -0.2) is 14.5 Å². The minimum absolute atomic E-state index is 0.189. The summed E-state index contributed by atoms with van der Waals surface area (Å²) >= 11 is 0. The standard InChI is InChI=1S/C20H17N5/c1-3-13-4-6-14(7-5-13)11-25-12(2)10-15-17(25)9-8-16-18(15)19(21)24-20(22)23-16/h1,4-10H,11H2,2H3,(H4,21,22,23,24). The molecule has 2 aromatic carbocycles. The number of fused-ring (bicyclic) bond motifs is 3. The topological polar surface area (TPSA) is 82.8 Å². The molecule has 2 heterocycles. The molecule has 5 heteroatoms. The van der Waals surface area contributed by atoms with Crippen LogP contribution in [0.2, 0.25) is 0 Å². The van der Waals surface area contributed by atoms with Crippen LogP contribution in [0.25, 0.3) is 21.8 Å². The molecule has 0 radical (unpaired) electrons. The van der Waals surface area contributed by atoms with E-state index < -0.39 is 0 Å². The van der Waals surface area contributed by atoms with E-state index in [0.717, 1.165) is 39.6 Å². The molecule has 25 heavy (non-hydrogen) atoms. The van der Waals surface area contributed by atoms with Crippen molar-refractivity contribution in [3.05, 3.63) is 59.3 Å². The first-order chi connectivity index (χ1) is 12.1. The Bertz CT molecular complexity index is 1150. The number of hydrogen-bond acceptors (Lipinski definition) is 4. The summed E-state index contributed by atoms with van der Waals surface area (Å²) in [5.41, 5.74) is 16.9. The highest BCUT2D eigenvalue weighted by atomic mass is 15.0. The Balaban J connectivity index is 1.88. The molecule has 4 N–H and O–H groups in total. The first-order valence-electron chi connectivity index (χ1n) is 7.94. The van der Waals surface area contributed by atoms with Crippen molar-refractivity contribution >= 4 is 33.6 Å². The molecule has 4 rings (SSSR count). The normalized spacial score (nSPS) is 11.0. The average Bonchev–Trinajstić information content (AvgIpc) is 2.90. The first kappa shape index (κ1) is 15.0. The lowest BCUT2D eigenvalue weighted by molar-refractivity contribution is 0.805. The Kier molecular flexibility index (Phi) is 3.33. The van der Waals surface area contributed by atoms with E-state index in [-0.39, 0.29) is 5.95 Å². The number of anilines is 2. The van der Waals surface area contributed by atoms with E-state index in [9.17, 15) is 0 Å². The van der Waals surface area contributed by atoms with E-state index in [0.29, 0.717) is 5.82 Å². The molecular formula is C20H17N5. The molecule has 0 atom stereocenters. The minimum Gasteiger partial charge on any atom is -0.383 e. The van der Waals surface area contributed by atoms with Gasteiger partial charge in [0.1, 0.15) is 5.82 Å². The largest absolute Gasteiger partial charge is 0.383 e. The Labute approximate surface area is 145 Å². The zero-order valence-corrected chi connectivity index (χ0v) is 13.8. The van der Waals surface area contributed by atoms with Crippen LogP contribution in [0.5, 0.6) is 0 Å². The number of nitrogens with two attached hydrogens (primary N) is 2. The van der Waals surface area contributed by atoms with E-state index in [1.54, 1.807) is 0 Å². The summed E-state index contributed by atoms with van der Waals surface area (Å²) in [5.74, 6) is 3.24. The fourth-order valence-corrected chi connectivity index (χ4v) is 3.24.